The molecule has 1 aromatic heterocycles. The van der Waals surface area contributed by atoms with E-state index in [4.69, 9.17) is 26.5 Å². The smallest absolute Gasteiger partial charge is 0.219 e. The summed E-state index contributed by atoms with van der Waals surface area (Å²) in [7, 11) is 1.78. The summed E-state index contributed by atoms with van der Waals surface area (Å²) in [6, 6.07) is 16.3. The average molecular weight is 508 g/mol. The lowest BCUT2D eigenvalue weighted by molar-refractivity contribution is -0.128. The van der Waals surface area contributed by atoms with Gasteiger partial charge in [0.1, 0.15) is 30.5 Å². The highest BCUT2D eigenvalue weighted by atomic mass is 35.5. The Morgan fingerprint density at radius 3 is 2.67 bits per heavy atom. The topological polar surface area (TPSA) is 99.6 Å². The maximum Gasteiger partial charge on any atom is 0.219 e. The van der Waals surface area contributed by atoms with E-state index in [9.17, 15) is 4.79 Å². The Balaban J connectivity index is 1.70. The van der Waals surface area contributed by atoms with Crippen molar-refractivity contribution in [3.05, 3.63) is 89.7 Å². The molecule has 188 valence electrons. The second kappa shape index (κ2) is 13.2. The number of nitrogens with zero attached hydrogens (tertiary/aromatic N) is 2. The predicted molar refractivity (Wildman–Crippen MR) is 144 cm³/mol. The van der Waals surface area contributed by atoms with Gasteiger partial charge < -0.3 is 25.0 Å². The van der Waals surface area contributed by atoms with E-state index in [0.717, 1.165) is 11.4 Å². The molecule has 3 N–H and O–H groups in total. The van der Waals surface area contributed by atoms with Crippen molar-refractivity contribution >= 4 is 34.7 Å². The third-order valence-corrected chi connectivity index (χ3v) is 5.56. The number of aromatic nitrogens is 1. The third-order valence-electron chi connectivity index (χ3n) is 5.26. The lowest BCUT2D eigenvalue weighted by atomic mass is 10.1. The van der Waals surface area contributed by atoms with Gasteiger partial charge in [-0.3, -0.25) is 15.2 Å². The third kappa shape index (κ3) is 7.23. The van der Waals surface area contributed by atoms with E-state index in [0.29, 0.717) is 47.5 Å². The van der Waals surface area contributed by atoms with Crippen LogP contribution in [0.25, 0.3) is 0 Å². The summed E-state index contributed by atoms with van der Waals surface area (Å²) in [5, 5.41) is 15.3. The largest absolute Gasteiger partial charge is 0.491 e. The van der Waals surface area contributed by atoms with Crippen molar-refractivity contribution in [3.8, 4) is 11.5 Å². The van der Waals surface area contributed by atoms with Gasteiger partial charge in [0.25, 0.3) is 0 Å². The molecular weight excluding hydrogens is 478 g/mol. The Bertz CT molecular complexity index is 1200. The monoisotopic (exact) mass is 507 g/mol. The zero-order valence-electron chi connectivity index (χ0n) is 20.4. The van der Waals surface area contributed by atoms with Gasteiger partial charge in [-0.05, 0) is 42.5 Å². The number of anilines is 2. The molecule has 0 saturated heterocycles. The molecule has 0 bridgehead atoms. The SMILES string of the molecule is C=CCN(CCOc1cccc(NC)c1C(=N)Nc1ccc(OCc2ccccn2)c(Cl)c1)C(C)=O. The Morgan fingerprint density at radius 1 is 1.17 bits per heavy atom. The molecule has 0 saturated carbocycles. The number of carbonyl (C=O) groups is 1. The maximum absolute atomic E-state index is 11.8. The van der Waals surface area contributed by atoms with Gasteiger partial charge in [-0.2, -0.15) is 0 Å². The number of benzene rings is 2. The molecule has 3 aromatic rings. The summed E-state index contributed by atoms with van der Waals surface area (Å²) in [5.74, 6) is 1.11. The summed E-state index contributed by atoms with van der Waals surface area (Å²) in [4.78, 5) is 17.6. The number of hydrogen-bond donors (Lipinski definition) is 3. The summed E-state index contributed by atoms with van der Waals surface area (Å²) >= 11 is 6.43. The Hall–Kier alpha value is -4.04. The van der Waals surface area contributed by atoms with Gasteiger partial charge in [0, 0.05) is 38.1 Å². The second-order valence-electron chi connectivity index (χ2n) is 7.79. The molecule has 0 fully saturated rings. The molecule has 0 unspecified atom stereocenters. The van der Waals surface area contributed by atoms with Gasteiger partial charge in [-0.1, -0.05) is 29.8 Å². The van der Waals surface area contributed by atoms with Gasteiger partial charge >= 0.3 is 0 Å². The number of nitrogens with one attached hydrogen (secondary N) is 3. The molecule has 9 heteroatoms. The highest BCUT2D eigenvalue weighted by Crippen LogP contribution is 2.31. The summed E-state index contributed by atoms with van der Waals surface area (Å²) in [6.45, 7) is 6.62. The highest BCUT2D eigenvalue weighted by Gasteiger charge is 2.16. The van der Waals surface area contributed by atoms with Crippen molar-refractivity contribution in [2.75, 3.05) is 37.4 Å². The number of pyridine rings is 1. The van der Waals surface area contributed by atoms with E-state index >= 15 is 0 Å². The molecule has 0 aliphatic heterocycles. The molecule has 0 radical (unpaired) electrons. The standard InChI is InChI=1S/C27H30ClN5O3/c1-4-14-33(19(2)34)15-16-35-25-10-7-9-23(30-3)26(25)27(29)32-20-11-12-24(22(28)17-20)36-18-21-8-5-6-13-31-21/h4-13,17,30H,1,14-16,18H2,2-3H3,(H2,29,32). The molecule has 1 heterocycles. The van der Waals surface area contributed by atoms with Crippen LogP contribution in [0.1, 0.15) is 18.2 Å². The van der Waals surface area contributed by atoms with E-state index in [2.05, 4.69) is 22.2 Å². The van der Waals surface area contributed by atoms with Crippen molar-refractivity contribution in [1.29, 1.82) is 5.41 Å². The first kappa shape index (κ1) is 26.6. The first-order valence-corrected chi connectivity index (χ1v) is 11.8. The highest BCUT2D eigenvalue weighted by molar-refractivity contribution is 6.32. The number of amidine groups is 1. The Labute approximate surface area is 216 Å². The molecule has 0 atom stereocenters. The van der Waals surface area contributed by atoms with Crippen molar-refractivity contribution in [1.82, 2.24) is 9.88 Å². The van der Waals surface area contributed by atoms with Crippen LogP contribution in [0.2, 0.25) is 5.02 Å². The van der Waals surface area contributed by atoms with Gasteiger partial charge in [0.05, 0.1) is 22.8 Å². The lowest BCUT2D eigenvalue weighted by Gasteiger charge is -2.21. The molecule has 36 heavy (non-hydrogen) atoms. The van der Waals surface area contributed by atoms with E-state index in [1.54, 1.807) is 48.5 Å². The van der Waals surface area contributed by atoms with Crippen molar-refractivity contribution in [2.24, 2.45) is 0 Å². The molecule has 0 aliphatic carbocycles. The van der Waals surface area contributed by atoms with Crippen LogP contribution in [0.4, 0.5) is 11.4 Å². The summed E-state index contributed by atoms with van der Waals surface area (Å²) in [5.41, 5.74) is 2.70. The zero-order chi connectivity index (χ0) is 25.9. The number of rotatable bonds is 12. The number of halogens is 1. The fraction of sp³-hybridized carbons (Fsp3) is 0.222. The molecule has 2 aromatic carbocycles. The molecule has 3 rings (SSSR count). The van der Waals surface area contributed by atoms with Gasteiger partial charge in [-0.25, -0.2) is 0 Å². The van der Waals surface area contributed by atoms with Crippen molar-refractivity contribution in [3.63, 3.8) is 0 Å². The number of carbonyl (C=O) groups excluding carboxylic acids is 1. The fourth-order valence-corrected chi connectivity index (χ4v) is 3.69. The first-order chi connectivity index (χ1) is 17.4. The normalized spacial score (nSPS) is 10.3. The van der Waals surface area contributed by atoms with Crippen LogP contribution < -0.4 is 20.1 Å². The van der Waals surface area contributed by atoms with Crippen LogP contribution in [0.5, 0.6) is 11.5 Å². The van der Waals surface area contributed by atoms with Crippen LogP contribution >= 0.6 is 11.6 Å². The maximum atomic E-state index is 11.8. The first-order valence-electron chi connectivity index (χ1n) is 11.4. The minimum atomic E-state index is -0.0542. The molecule has 1 amide bonds. The minimum absolute atomic E-state index is 0.0542. The van der Waals surface area contributed by atoms with Crippen molar-refractivity contribution in [2.45, 2.75) is 13.5 Å². The van der Waals surface area contributed by atoms with Crippen LogP contribution in [0, 0.1) is 5.41 Å². The molecular formula is C27H30ClN5O3. The molecule has 0 spiro atoms. The number of ether oxygens (including phenoxy) is 2. The van der Waals surface area contributed by atoms with Crippen molar-refractivity contribution < 1.29 is 14.3 Å². The number of hydrogen-bond acceptors (Lipinski definition) is 6. The van der Waals surface area contributed by atoms with Gasteiger partial charge in [-0.15, -0.1) is 6.58 Å². The van der Waals surface area contributed by atoms with Gasteiger partial charge in [0.15, 0.2) is 0 Å². The Kier molecular flexibility index (Phi) is 9.71. The fourth-order valence-electron chi connectivity index (χ4n) is 3.45. The van der Waals surface area contributed by atoms with E-state index in [1.165, 1.54) is 6.92 Å². The van der Waals surface area contributed by atoms with E-state index in [1.807, 2.05) is 30.3 Å². The summed E-state index contributed by atoms with van der Waals surface area (Å²) < 4.78 is 11.8. The molecule has 0 aliphatic rings. The summed E-state index contributed by atoms with van der Waals surface area (Å²) in [6.07, 6.45) is 3.38. The number of amides is 1. The van der Waals surface area contributed by atoms with Crippen LogP contribution in [-0.2, 0) is 11.4 Å². The lowest BCUT2D eigenvalue weighted by Crippen LogP contribution is -2.33. The van der Waals surface area contributed by atoms with E-state index < -0.39 is 0 Å². The van der Waals surface area contributed by atoms with Gasteiger partial charge in [0.2, 0.25) is 5.91 Å². The van der Waals surface area contributed by atoms with Crippen LogP contribution in [0.15, 0.2) is 73.4 Å². The van der Waals surface area contributed by atoms with Crippen LogP contribution in [0.3, 0.4) is 0 Å². The minimum Gasteiger partial charge on any atom is -0.491 e. The Morgan fingerprint density at radius 2 is 2.00 bits per heavy atom. The van der Waals surface area contributed by atoms with E-state index in [-0.39, 0.29) is 18.3 Å². The quantitative estimate of drug-likeness (QED) is 0.177. The predicted octanol–water partition coefficient (Wildman–Crippen LogP) is 5.21. The van der Waals surface area contributed by atoms with Crippen LogP contribution in [-0.4, -0.2) is 48.4 Å². The second-order valence-corrected chi connectivity index (χ2v) is 8.19. The average Bonchev–Trinajstić information content (AvgIpc) is 2.88. The zero-order valence-corrected chi connectivity index (χ0v) is 21.1. The molecule has 8 nitrogen and oxygen atoms in total.